The van der Waals surface area contributed by atoms with Gasteiger partial charge in [0, 0.05) is 0 Å². The summed E-state index contributed by atoms with van der Waals surface area (Å²) in [4.78, 5) is 24.2. The molecule has 3 aromatic rings. The van der Waals surface area contributed by atoms with Gasteiger partial charge < -0.3 is 14.6 Å². The van der Waals surface area contributed by atoms with Crippen LogP contribution in [0, 0.1) is 11.7 Å². The third-order valence-electron chi connectivity index (χ3n) is 7.96. The third-order valence-corrected chi connectivity index (χ3v) is 7.96. The van der Waals surface area contributed by atoms with Crippen molar-refractivity contribution in [2.45, 2.75) is 104 Å². The molecule has 3 rings (SSSR count). The van der Waals surface area contributed by atoms with Crippen molar-refractivity contribution in [3.05, 3.63) is 83.2 Å². The Bertz CT molecular complexity index is 1400. The minimum atomic E-state index is -4.79. The topological polar surface area (TPSA) is 66.4 Å². The first-order valence-corrected chi connectivity index (χ1v) is 15.9. The minimum absolute atomic E-state index is 0.0401. The molecule has 4 nitrogen and oxygen atoms in total. The van der Waals surface area contributed by atoms with Crippen LogP contribution in [0.4, 0.5) is 17.6 Å². The van der Waals surface area contributed by atoms with Crippen molar-refractivity contribution in [3.63, 3.8) is 0 Å². The molecule has 0 amide bonds. The monoisotopic (exact) mass is 627 g/mol. The molecule has 0 aliphatic carbocycles. The number of halogens is 4. The second-order valence-electron chi connectivity index (χ2n) is 12.1. The van der Waals surface area contributed by atoms with E-state index in [0.717, 1.165) is 30.5 Å². The van der Waals surface area contributed by atoms with Crippen molar-refractivity contribution in [3.8, 4) is 22.3 Å². The molecule has 0 saturated carbocycles. The maximum Gasteiger partial charge on any atom is 0.425 e. The number of hydrogen-bond donors (Lipinski definition) is 0. The van der Waals surface area contributed by atoms with Crippen LogP contribution in [-0.4, -0.2) is 24.2 Å². The van der Waals surface area contributed by atoms with E-state index in [1.807, 2.05) is 24.3 Å². The Hall–Kier alpha value is -3.68. The first kappa shape index (κ1) is 35.8. The lowest BCUT2D eigenvalue weighted by Gasteiger charge is -2.21. The van der Waals surface area contributed by atoms with Crippen molar-refractivity contribution < 1.29 is 37.0 Å². The largest absolute Gasteiger partial charge is 0.545 e. The molecule has 0 fully saturated rings. The van der Waals surface area contributed by atoms with Gasteiger partial charge in [0.1, 0.15) is 5.82 Å². The SMILES string of the molecule is CCCCCCCCCCc1ccc(-c2ccc(C(=O)[O-])cc2-c2ccc(C(=O)O[C@H](CCC(C)C)C(F)(F)F)c(F)c2)cc1. The second kappa shape index (κ2) is 17.1. The maximum absolute atomic E-state index is 15.2. The molecule has 0 N–H and O–H groups in total. The summed E-state index contributed by atoms with van der Waals surface area (Å²) in [6, 6.07) is 15.7. The Balaban J connectivity index is 1.79. The van der Waals surface area contributed by atoms with E-state index in [4.69, 9.17) is 4.74 Å². The fourth-order valence-corrected chi connectivity index (χ4v) is 5.29. The average molecular weight is 628 g/mol. The summed E-state index contributed by atoms with van der Waals surface area (Å²) in [7, 11) is 0. The molecule has 0 radical (unpaired) electrons. The number of carbonyl (C=O) groups excluding carboxylic acids is 2. The molecule has 0 heterocycles. The van der Waals surface area contributed by atoms with Crippen molar-refractivity contribution in [1.29, 1.82) is 0 Å². The van der Waals surface area contributed by atoms with E-state index >= 15 is 4.39 Å². The number of benzene rings is 3. The number of ether oxygens (including phenoxy) is 1. The quantitative estimate of drug-likeness (QED) is 0.0849. The molecule has 0 unspecified atom stereocenters. The van der Waals surface area contributed by atoms with E-state index < -0.39 is 42.0 Å². The third kappa shape index (κ3) is 11.0. The molecule has 0 bridgehead atoms. The number of hydrogen-bond acceptors (Lipinski definition) is 4. The number of carbonyl (C=O) groups is 2. The van der Waals surface area contributed by atoms with Crippen molar-refractivity contribution in [1.82, 2.24) is 0 Å². The fourth-order valence-electron chi connectivity index (χ4n) is 5.29. The Morgan fingerprint density at radius 2 is 1.40 bits per heavy atom. The molecule has 45 heavy (non-hydrogen) atoms. The summed E-state index contributed by atoms with van der Waals surface area (Å²) in [6.45, 7) is 5.72. The van der Waals surface area contributed by atoms with Gasteiger partial charge in [0.2, 0.25) is 0 Å². The zero-order valence-corrected chi connectivity index (χ0v) is 26.4. The van der Waals surface area contributed by atoms with E-state index in [-0.39, 0.29) is 23.5 Å². The summed E-state index contributed by atoms with van der Waals surface area (Å²) < 4.78 is 60.4. The molecule has 0 spiro atoms. The second-order valence-corrected chi connectivity index (χ2v) is 12.1. The van der Waals surface area contributed by atoms with Gasteiger partial charge in [0.05, 0.1) is 11.5 Å². The van der Waals surface area contributed by atoms with Crippen molar-refractivity contribution in [2.24, 2.45) is 5.92 Å². The van der Waals surface area contributed by atoms with Gasteiger partial charge in [0.25, 0.3) is 0 Å². The van der Waals surface area contributed by atoms with Crippen LogP contribution in [0.3, 0.4) is 0 Å². The smallest absolute Gasteiger partial charge is 0.425 e. The molecule has 0 aromatic heterocycles. The van der Waals surface area contributed by atoms with Crippen molar-refractivity contribution in [2.75, 3.05) is 0 Å². The lowest BCUT2D eigenvalue weighted by molar-refractivity contribution is -0.255. The Kier molecular flexibility index (Phi) is 13.6. The average Bonchev–Trinajstić information content (AvgIpc) is 2.99. The van der Waals surface area contributed by atoms with Crippen LogP contribution in [-0.2, 0) is 11.2 Å². The summed E-state index contributed by atoms with van der Waals surface area (Å²) in [5.41, 5.74) is 2.43. The predicted octanol–water partition coefficient (Wildman–Crippen LogP) is 9.73. The van der Waals surface area contributed by atoms with E-state index in [9.17, 15) is 27.9 Å². The fraction of sp³-hybridized carbons (Fsp3) is 0.459. The van der Waals surface area contributed by atoms with E-state index in [2.05, 4.69) is 6.92 Å². The summed E-state index contributed by atoms with van der Waals surface area (Å²) in [5, 5.41) is 11.6. The van der Waals surface area contributed by atoms with Crippen LogP contribution in [0.5, 0.6) is 0 Å². The number of carboxylic acids is 1. The predicted molar refractivity (Wildman–Crippen MR) is 167 cm³/mol. The molecular weight excluding hydrogens is 584 g/mol. The van der Waals surface area contributed by atoms with Gasteiger partial charge in [-0.05, 0) is 83.2 Å². The maximum atomic E-state index is 15.2. The van der Waals surface area contributed by atoms with Gasteiger partial charge in [-0.1, -0.05) is 108 Å². The van der Waals surface area contributed by atoms with Gasteiger partial charge >= 0.3 is 12.1 Å². The highest BCUT2D eigenvalue weighted by Crippen LogP contribution is 2.35. The summed E-state index contributed by atoms with van der Waals surface area (Å²) >= 11 is 0. The van der Waals surface area contributed by atoms with E-state index in [1.54, 1.807) is 19.9 Å². The molecule has 244 valence electrons. The number of aromatic carboxylic acids is 1. The number of unbranched alkanes of at least 4 members (excludes halogenated alkanes) is 7. The summed E-state index contributed by atoms with van der Waals surface area (Å²) in [6.07, 6.45) is 3.44. The Morgan fingerprint density at radius 3 is 1.98 bits per heavy atom. The Morgan fingerprint density at radius 1 is 0.778 bits per heavy atom. The standard InChI is InChI=1S/C37H44F4O4/c1-4-5-6-7-8-9-10-11-12-26-14-16-27(17-15-26)30-20-19-29(35(42)43)23-32(30)28-18-21-31(33(38)24-28)36(44)45-34(37(39,40)41)22-13-25(2)3/h14-21,23-25,34H,4-13,22H2,1-3H3,(H,42,43)/p-1/t34-/m1/s1. The number of alkyl halides is 3. The van der Waals surface area contributed by atoms with Crippen LogP contribution in [0.25, 0.3) is 22.3 Å². The van der Waals surface area contributed by atoms with Gasteiger partial charge in [0.15, 0.2) is 6.10 Å². The number of rotatable bonds is 17. The number of carboxylic acid groups (broad SMARTS) is 1. The lowest BCUT2D eigenvalue weighted by Crippen LogP contribution is -2.34. The highest BCUT2D eigenvalue weighted by atomic mass is 19.4. The van der Waals surface area contributed by atoms with Crippen LogP contribution < -0.4 is 5.11 Å². The summed E-state index contributed by atoms with van der Waals surface area (Å²) in [5.74, 6) is -3.95. The van der Waals surface area contributed by atoms with Crippen molar-refractivity contribution >= 4 is 11.9 Å². The van der Waals surface area contributed by atoms with Gasteiger partial charge in [-0.15, -0.1) is 0 Å². The molecule has 1 atom stereocenters. The number of esters is 1. The molecule has 0 aliphatic rings. The molecule has 0 aliphatic heterocycles. The first-order valence-electron chi connectivity index (χ1n) is 15.9. The lowest BCUT2D eigenvalue weighted by atomic mass is 9.91. The van der Waals surface area contributed by atoms with Crippen LogP contribution in [0.15, 0.2) is 60.7 Å². The zero-order valence-electron chi connectivity index (χ0n) is 26.4. The molecule has 0 saturated heterocycles. The molecule has 8 heteroatoms. The minimum Gasteiger partial charge on any atom is -0.545 e. The normalized spacial score (nSPS) is 12.4. The van der Waals surface area contributed by atoms with Crippen LogP contribution in [0.1, 0.15) is 111 Å². The highest BCUT2D eigenvalue weighted by Gasteiger charge is 2.42. The van der Waals surface area contributed by atoms with Crippen LogP contribution in [0.2, 0.25) is 0 Å². The number of aryl methyl sites for hydroxylation is 1. The Labute approximate surface area is 263 Å². The van der Waals surface area contributed by atoms with Crippen LogP contribution >= 0.6 is 0 Å². The molecule has 3 aromatic carbocycles. The van der Waals surface area contributed by atoms with Gasteiger partial charge in [-0.3, -0.25) is 0 Å². The van der Waals surface area contributed by atoms with E-state index in [0.29, 0.717) is 11.1 Å². The zero-order chi connectivity index (χ0) is 33.0. The van der Waals surface area contributed by atoms with Gasteiger partial charge in [-0.2, -0.15) is 13.2 Å². The van der Waals surface area contributed by atoms with Gasteiger partial charge in [-0.25, -0.2) is 9.18 Å². The van der Waals surface area contributed by atoms with E-state index in [1.165, 1.54) is 68.7 Å². The first-order chi connectivity index (χ1) is 21.4. The molecular formula is C37H43F4O4-. The highest BCUT2D eigenvalue weighted by molar-refractivity contribution is 5.94.